The highest BCUT2D eigenvalue weighted by Crippen LogP contribution is 2.29. The van der Waals surface area contributed by atoms with Gasteiger partial charge in [0.15, 0.2) is 0 Å². The molecule has 1 aromatic heterocycles. The molecule has 1 fully saturated rings. The Kier molecular flexibility index (Phi) is 33.1. The van der Waals surface area contributed by atoms with Gasteiger partial charge >= 0.3 is 0 Å². The molecule has 11 N–H and O–H groups in total. The predicted octanol–water partition coefficient (Wildman–Crippen LogP) is 1.35. The maximum atomic E-state index is 16.2. The average Bonchev–Trinajstić information content (AvgIpc) is 1.64. The summed E-state index contributed by atoms with van der Waals surface area (Å²) in [7, 11) is 7.59. The number of ether oxygens (including phenoxy) is 4. The molecule has 0 spiro atoms. The fourth-order valence-corrected chi connectivity index (χ4v) is 14.0. The van der Waals surface area contributed by atoms with Crippen LogP contribution in [0, 0.1) is 11.7 Å². The molecule has 4 aromatic carbocycles. The van der Waals surface area contributed by atoms with Crippen LogP contribution in [-0.4, -0.2) is 250 Å². The molecule has 1 saturated heterocycles. The Morgan fingerprint density at radius 1 is 0.661 bits per heavy atom. The molecule has 32 heteroatoms. The summed E-state index contributed by atoms with van der Waals surface area (Å²) in [4.78, 5) is 178. The van der Waals surface area contributed by atoms with Crippen LogP contribution in [0.1, 0.15) is 106 Å². The summed E-state index contributed by atoms with van der Waals surface area (Å²) in [5, 5.41) is 39.5. The fraction of sp³-hybridized carbons (Fsp3) is 0.518. The first-order valence-corrected chi connectivity index (χ1v) is 39.5. The van der Waals surface area contributed by atoms with Crippen molar-refractivity contribution in [3.05, 3.63) is 149 Å². The van der Waals surface area contributed by atoms with E-state index in [1.54, 1.807) is 72.6 Å². The Hall–Kier alpha value is -10.7. The monoisotopic (exact) mass is 1600 g/mol. The highest BCUT2D eigenvalue weighted by Gasteiger charge is 2.47. The van der Waals surface area contributed by atoms with Crippen molar-refractivity contribution in [3.8, 4) is 5.75 Å². The number of methoxy groups -OCH3 is 1. The van der Waals surface area contributed by atoms with E-state index < -0.39 is 145 Å². The van der Waals surface area contributed by atoms with Gasteiger partial charge < -0.3 is 96.1 Å². The van der Waals surface area contributed by atoms with E-state index in [0.29, 0.717) is 88.6 Å². The first-order chi connectivity index (χ1) is 55.1. The average molecular weight is 1600 g/mol. The number of carbonyl (C=O) groups excluding carboxylic acids is 12. The van der Waals surface area contributed by atoms with Crippen molar-refractivity contribution in [2.75, 3.05) is 101 Å². The minimum absolute atomic E-state index is 0.0472. The normalized spacial score (nSPS) is 23.8. The molecule has 0 saturated carbocycles. The number of nitrogens with one attached hydrogen (secondary N) is 10. The number of aliphatic hydroxyl groups is 1. The zero-order valence-corrected chi connectivity index (χ0v) is 66.7. The number of aliphatic hydroxyl groups excluding tert-OH is 1. The number of hydrogen-bond donors (Lipinski definition) is 11. The minimum Gasteiger partial charge on any atom is -0.497 e. The smallest absolute Gasteiger partial charge is 0.246 e. The van der Waals surface area contributed by atoms with Crippen LogP contribution in [-0.2, 0) is 117 Å². The molecule has 0 aliphatic carbocycles. The SMILES string of the molecule is COc1ccc(C[C@@H]2NC(=O)[C@H]([C@@H](C)O)NC(=O)[C@@H]3[C@@H]4CCN3C(=O)[C@@H]3Cc5cn(c6ccc(F)cc56)C/C=C/CCCN(Cc5ccc(cc5)CCNC(=O)[C@H](C)CCCNC2=O)C(=O)CCC(=O)N[C@@H](C)C(=O)N[C@H](CNC(=O)CCOCCOCC[N+](C)(C)C)C(=O)N[C@@H](Cc2cccc(c2)CNC(=O)CO4)C(=O)N3)cc1. The van der Waals surface area contributed by atoms with Gasteiger partial charge in [0.1, 0.15) is 67.0 Å². The Morgan fingerprint density at radius 2 is 1.38 bits per heavy atom. The number of halogens is 1. The Balaban J connectivity index is 1.13. The number of amides is 12. The van der Waals surface area contributed by atoms with Crippen LogP contribution in [0.25, 0.3) is 10.9 Å². The zero-order chi connectivity index (χ0) is 82.7. The van der Waals surface area contributed by atoms with Crippen LogP contribution >= 0.6 is 0 Å². The number of rotatable bonds is 15. The number of hydrogen-bond acceptors (Lipinski definition) is 17. The van der Waals surface area contributed by atoms with E-state index in [-0.39, 0.29) is 109 Å². The molecule has 10 atom stereocenters. The number of likely N-dealkylation sites (N-methyl/N-ethyl adjacent to an activating group) is 1. The highest BCUT2D eigenvalue weighted by molar-refractivity contribution is 5.99. The first-order valence-electron chi connectivity index (χ1n) is 39.5. The van der Waals surface area contributed by atoms with Gasteiger partial charge in [0.05, 0.1) is 66.9 Å². The van der Waals surface area contributed by atoms with Gasteiger partial charge in [-0.05, 0) is 116 Å². The molecule has 5 aromatic rings. The topological polar surface area (TPSA) is 394 Å². The van der Waals surface area contributed by atoms with Crippen LogP contribution in [0.3, 0.4) is 0 Å². The summed E-state index contributed by atoms with van der Waals surface area (Å²) in [5.74, 6) is -9.60. The number of benzene rings is 4. The zero-order valence-electron chi connectivity index (χ0n) is 66.7. The van der Waals surface area contributed by atoms with Crippen LogP contribution < -0.4 is 57.9 Å². The van der Waals surface area contributed by atoms with Crippen LogP contribution in [0.4, 0.5) is 4.39 Å². The van der Waals surface area contributed by atoms with Crippen molar-refractivity contribution < 1.29 is 90.5 Å². The standard InChI is InChI=1S/C83H111FN14O17/c1-52-14-13-32-85-78(106)64(43-56-21-24-62(112-7)25-22-56)91-81(109)74(54(3)99)94-82(110)75-69-30-36-97(75)83(111)66-45-60-50-95(68-26-23-61(84)46-63(60)68)34-10-8-9-11-35-96(49-57-19-17-55(18-20-57)29-33-86-76(52)104)73(103)28-27-71(101)89-53(2)77(105)93-67(48-88-70(100)31-38-113-40-41-114-39-37-98(4,5)6)80(108)90-65(79(107)92-66)44-58-15-12-16-59(42-58)47-87-72(102)51-115-69/h8,10,12,15-26,42,46,50,52-54,64-67,69,74-75,99H,9,11,13-14,27-41,43-45,47-49,51H2,1-7H3,(H9-,85,86,87,88,89,90,91,92,93,94,100,101,102,104,105,106,107,108,109,110)/p+1/b10-8+/t52-,53+,54-,64+,65+,66+,67-,69+,74+,75+/m1/s1. The van der Waals surface area contributed by atoms with Gasteiger partial charge in [0, 0.05) is 114 Å². The van der Waals surface area contributed by atoms with Crippen molar-refractivity contribution in [1.82, 2.24) is 67.5 Å². The maximum Gasteiger partial charge on any atom is 0.246 e. The lowest BCUT2D eigenvalue weighted by molar-refractivity contribution is -0.870. The summed E-state index contributed by atoms with van der Waals surface area (Å²) in [5.41, 5.74) is 4.10. The maximum absolute atomic E-state index is 16.2. The molecule has 5 aliphatic rings. The number of aromatic nitrogens is 1. The van der Waals surface area contributed by atoms with E-state index in [9.17, 15) is 43.5 Å². The van der Waals surface area contributed by atoms with Gasteiger partial charge in [0.2, 0.25) is 70.9 Å². The number of carbonyl (C=O) groups is 12. The Labute approximate surface area is 669 Å². The van der Waals surface area contributed by atoms with Crippen molar-refractivity contribution in [2.24, 2.45) is 5.92 Å². The predicted molar refractivity (Wildman–Crippen MR) is 423 cm³/mol. The molecule has 115 heavy (non-hydrogen) atoms. The van der Waals surface area contributed by atoms with Crippen molar-refractivity contribution in [2.45, 2.75) is 172 Å². The van der Waals surface area contributed by atoms with Crippen molar-refractivity contribution >= 4 is 81.8 Å². The van der Waals surface area contributed by atoms with Crippen molar-refractivity contribution in [3.63, 3.8) is 0 Å². The molecular formula is C83H112FN14O17+. The molecule has 5 aliphatic heterocycles. The van der Waals surface area contributed by atoms with Gasteiger partial charge in [0.25, 0.3) is 0 Å². The second-order valence-electron chi connectivity index (χ2n) is 30.8. The second kappa shape index (κ2) is 43.2. The molecule has 31 nitrogen and oxygen atoms in total. The highest BCUT2D eigenvalue weighted by atomic mass is 19.1. The summed E-state index contributed by atoms with van der Waals surface area (Å²) in [6.45, 7) is 5.45. The van der Waals surface area contributed by atoms with E-state index in [4.69, 9.17) is 18.9 Å². The Bertz CT molecular complexity index is 4240. The van der Waals surface area contributed by atoms with E-state index in [2.05, 4.69) is 53.2 Å². The fourth-order valence-electron chi connectivity index (χ4n) is 14.0. The lowest BCUT2D eigenvalue weighted by Gasteiger charge is -2.33. The van der Waals surface area contributed by atoms with Crippen LogP contribution in [0.5, 0.6) is 5.75 Å². The van der Waals surface area contributed by atoms with E-state index in [0.717, 1.165) is 22.6 Å². The molecular weight excluding hydrogens is 1480 g/mol. The molecule has 12 amide bonds. The first kappa shape index (κ1) is 88.3. The van der Waals surface area contributed by atoms with Gasteiger partial charge in [-0.25, -0.2) is 4.39 Å². The molecule has 10 rings (SSSR count). The summed E-state index contributed by atoms with van der Waals surface area (Å²) in [6, 6.07) is 13.8. The summed E-state index contributed by atoms with van der Waals surface area (Å²) < 4.78 is 41.3. The molecule has 0 unspecified atom stereocenters. The summed E-state index contributed by atoms with van der Waals surface area (Å²) >= 11 is 0. The number of fused-ring (bicyclic) bond motifs is 22. The summed E-state index contributed by atoms with van der Waals surface area (Å²) in [6.07, 6.45) is 2.97. The van der Waals surface area contributed by atoms with E-state index in [1.807, 2.05) is 62.1 Å². The van der Waals surface area contributed by atoms with Gasteiger partial charge in [-0.2, -0.15) is 0 Å². The quantitative estimate of drug-likeness (QED) is 0.0305. The van der Waals surface area contributed by atoms with Gasteiger partial charge in [-0.15, -0.1) is 0 Å². The van der Waals surface area contributed by atoms with Crippen LogP contribution in [0.2, 0.25) is 0 Å². The molecule has 6 heterocycles. The lowest BCUT2D eigenvalue weighted by atomic mass is 10.00. The van der Waals surface area contributed by atoms with Crippen molar-refractivity contribution in [1.29, 1.82) is 0 Å². The second-order valence-corrected chi connectivity index (χ2v) is 30.8. The Morgan fingerprint density at radius 3 is 2.13 bits per heavy atom. The van der Waals surface area contributed by atoms with Gasteiger partial charge in [-0.3, -0.25) is 57.5 Å². The third-order valence-electron chi connectivity index (χ3n) is 20.7. The molecule has 12 bridgehead atoms. The molecule has 0 radical (unpaired) electrons. The number of quaternary nitrogens is 1. The third kappa shape index (κ3) is 27.2. The number of allylic oxidation sites excluding steroid dienone is 2. The van der Waals surface area contributed by atoms with Gasteiger partial charge in [-0.1, -0.05) is 79.7 Å². The van der Waals surface area contributed by atoms with E-state index >= 15 is 23.6 Å². The minimum atomic E-state index is -1.83. The largest absolute Gasteiger partial charge is 0.497 e. The lowest BCUT2D eigenvalue weighted by Crippen LogP contribution is -2.63. The molecule has 622 valence electrons. The third-order valence-corrected chi connectivity index (χ3v) is 20.7. The number of nitrogens with zero attached hydrogens (tertiary/aromatic N) is 4. The van der Waals surface area contributed by atoms with Crippen LogP contribution in [0.15, 0.2) is 109 Å². The van der Waals surface area contributed by atoms with E-state index in [1.165, 1.54) is 33.1 Å².